The Bertz CT molecular complexity index is 352. The number of carbonyl (C=O) groups is 1. The van der Waals surface area contributed by atoms with E-state index >= 15 is 0 Å². The van der Waals surface area contributed by atoms with Crippen LogP contribution in [0.25, 0.3) is 6.08 Å². The number of aryl methyl sites for hydroxylation is 1. The molecule has 0 aromatic carbocycles. The number of hydrogen-bond donors (Lipinski definition) is 1. The van der Waals surface area contributed by atoms with Crippen LogP contribution >= 0.6 is 0 Å². The molecule has 0 radical (unpaired) electrons. The van der Waals surface area contributed by atoms with Gasteiger partial charge in [0.15, 0.2) is 0 Å². The van der Waals surface area contributed by atoms with Gasteiger partial charge < -0.3 is 9.73 Å². The van der Waals surface area contributed by atoms with E-state index in [1.807, 2.05) is 32.9 Å². The van der Waals surface area contributed by atoms with E-state index in [0.29, 0.717) is 5.76 Å². The van der Waals surface area contributed by atoms with E-state index in [9.17, 15) is 4.79 Å². The second-order valence-corrected chi connectivity index (χ2v) is 3.60. The predicted octanol–water partition coefficient (Wildman–Crippen LogP) is 2.52. The first-order valence-electron chi connectivity index (χ1n) is 5.17. The second-order valence-electron chi connectivity index (χ2n) is 3.60. The van der Waals surface area contributed by atoms with Crippen LogP contribution in [0.1, 0.15) is 31.8 Å². The van der Waals surface area contributed by atoms with Gasteiger partial charge in [-0.15, -0.1) is 0 Å². The van der Waals surface area contributed by atoms with Crippen LogP contribution in [-0.4, -0.2) is 11.9 Å². The largest absolute Gasteiger partial charge is 0.462 e. The monoisotopic (exact) mass is 207 g/mol. The van der Waals surface area contributed by atoms with Crippen molar-refractivity contribution in [3.8, 4) is 0 Å². The zero-order valence-corrected chi connectivity index (χ0v) is 9.41. The van der Waals surface area contributed by atoms with E-state index in [4.69, 9.17) is 4.42 Å². The van der Waals surface area contributed by atoms with Crippen molar-refractivity contribution in [1.29, 1.82) is 0 Å². The van der Waals surface area contributed by atoms with E-state index in [0.717, 1.165) is 12.2 Å². The van der Waals surface area contributed by atoms with Crippen LogP contribution in [0.5, 0.6) is 0 Å². The Morgan fingerprint density at radius 2 is 2.33 bits per heavy atom. The van der Waals surface area contributed by atoms with Crippen molar-refractivity contribution >= 4 is 12.0 Å². The van der Waals surface area contributed by atoms with Crippen molar-refractivity contribution < 1.29 is 9.21 Å². The van der Waals surface area contributed by atoms with Gasteiger partial charge in [-0.2, -0.15) is 0 Å². The highest BCUT2D eigenvalue weighted by atomic mass is 16.3. The number of nitrogens with one attached hydrogen (secondary N) is 1. The van der Waals surface area contributed by atoms with Crippen LogP contribution in [-0.2, 0) is 4.79 Å². The summed E-state index contributed by atoms with van der Waals surface area (Å²) in [7, 11) is 0. The first-order valence-corrected chi connectivity index (χ1v) is 5.17. The Labute approximate surface area is 90.2 Å². The molecule has 1 aromatic rings. The highest BCUT2D eigenvalue weighted by Gasteiger charge is 2.01. The highest BCUT2D eigenvalue weighted by molar-refractivity contribution is 5.91. The Morgan fingerprint density at radius 1 is 1.60 bits per heavy atom. The molecule has 15 heavy (non-hydrogen) atoms. The van der Waals surface area contributed by atoms with E-state index < -0.39 is 0 Å². The topological polar surface area (TPSA) is 42.2 Å². The third kappa shape index (κ3) is 4.02. The van der Waals surface area contributed by atoms with Crippen LogP contribution in [0.4, 0.5) is 0 Å². The summed E-state index contributed by atoms with van der Waals surface area (Å²) in [5.41, 5.74) is 0. The molecule has 0 bridgehead atoms. The van der Waals surface area contributed by atoms with Crippen LogP contribution in [0, 0.1) is 6.92 Å². The van der Waals surface area contributed by atoms with Crippen molar-refractivity contribution in [2.24, 2.45) is 0 Å². The highest BCUT2D eigenvalue weighted by Crippen LogP contribution is 2.07. The van der Waals surface area contributed by atoms with Gasteiger partial charge in [0.25, 0.3) is 0 Å². The maximum absolute atomic E-state index is 11.4. The van der Waals surface area contributed by atoms with E-state index in [1.165, 1.54) is 6.08 Å². The number of furan rings is 1. The standard InChI is InChI=1S/C12H17NO2/c1-4-9(2)13-12(14)8-7-11-6-5-10(3)15-11/h5-9H,4H2,1-3H3,(H,13,14)/b8-7+/t9-/m0/s1. The summed E-state index contributed by atoms with van der Waals surface area (Å²) in [6.45, 7) is 5.88. The molecule has 1 atom stereocenters. The van der Waals surface area contributed by atoms with Gasteiger partial charge in [0.2, 0.25) is 5.91 Å². The fraction of sp³-hybridized carbons (Fsp3) is 0.417. The molecule has 0 aliphatic rings. The first kappa shape index (κ1) is 11.6. The van der Waals surface area contributed by atoms with Crippen molar-refractivity contribution in [1.82, 2.24) is 5.32 Å². The molecule has 0 saturated heterocycles. The Balaban J connectivity index is 2.47. The molecule has 1 heterocycles. The lowest BCUT2D eigenvalue weighted by Crippen LogP contribution is -2.30. The molecule has 1 amide bonds. The SMILES string of the molecule is CC[C@H](C)NC(=O)/C=C/c1ccc(C)o1. The molecule has 0 aliphatic carbocycles. The summed E-state index contributed by atoms with van der Waals surface area (Å²) in [6.07, 6.45) is 4.09. The molecule has 1 N–H and O–H groups in total. The van der Waals surface area contributed by atoms with Crippen molar-refractivity contribution in [3.63, 3.8) is 0 Å². The van der Waals surface area contributed by atoms with Gasteiger partial charge in [-0.3, -0.25) is 4.79 Å². The van der Waals surface area contributed by atoms with Gasteiger partial charge in [0.05, 0.1) is 0 Å². The van der Waals surface area contributed by atoms with Gasteiger partial charge >= 0.3 is 0 Å². The molecule has 82 valence electrons. The van der Waals surface area contributed by atoms with Gasteiger partial charge in [0.1, 0.15) is 11.5 Å². The average Bonchev–Trinajstić information content (AvgIpc) is 2.61. The van der Waals surface area contributed by atoms with E-state index in [2.05, 4.69) is 5.32 Å². The number of hydrogen-bond acceptors (Lipinski definition) is 2. The van der Waals surface area contributed by atoms with Gasteiger partial charge in [-0.25, -0.2) is 0 Å². The fourth-order valence-electron chi connectivity index (χ4n) is 1.09. The minimum atomic E-state index is -0.0848. The maximum atomic E-state index is 11.4. The zero-order valence-electron chi connectivity index (χ0n) is 9.41. The van der Waals surface area contributed by atoms with E-state index in [-0.39, 0.29) is 11.9 Å². The lowest BCUT2D eigenvalue weighted by atomic mass is 10.2. The second kappa shape index (κ2) is 5.39. The normalized spacial score (nSPS) is 13.0. The van der Waals surface area contributed by atoms with Crippen molar-refractivity contribution in [2.75, 3.05) is 0 Å². The molecular formula is C12H17NO2. The third-order valence-electron chi connectivity index (χ3n) is 2.16. The lowest BCUT2D eigenvalue weighted by molar-refractivity contribution is -0.117. The molecule has 0 saturated carbocycles. The van der Waals surface area contributed by atoms with Crippen LogP contribution < -0.4 is 5.32 Å². The molecule has 0 aliphatic heterocycles. The minimum Gasteiger partial charge on any atom is -0.462 e. The molecular weight excluding hydrogens is 190 g/mol. The summed E-state index contributed by atoms with van der Waals surface area (Å²) in [5.74, 6) is 1.46. The molecule has 0 unspecified atom stereocenters. The smallest absolute Gasteiger partial charge is 0.244 e. The molecule has 0 spiro atoms. The van der Waals surface area contributed by atoms with Crippen molar-refractivity contribution in [2.45, 2.75) is 33.2 Å². The predicted molar refractivity (Wildman–Crippen MR) is 60.4 cm³/mol. The van der Waals surface area contributed by atoms with Crippen LogP contribution in [0.15, 0.2) is 22.6 Å². The van der Waals surface area contributed by atoms with E-state index in [1.54, 1.807) is 6.08 Å². The molecule has 1 rings (SSSR count). The summed E-state index contributed by atoms with van der Waals surface area (Å²) in [6, 6.07) is 3.91. The summed E-state index contributed by atoms with van der Waals surface area (Å²) in [5, 5.41) is 2.84. The van der Waals surface area contributed by atoms with Gasteiger partial charge in [-0.05, 0) is 38.5 Å². The van der Waals surface area contributed by atoms with Crippen molar-refractivity contribution in [3.05, 3.63) is 29.7 Å². The molecule has 3 heteroatoms. The summed E-state index contributed by atoms with van der Waals surface area (Å²) < 4.78 is 5.30. The zero-order chi connectivity index (χ0) is 11.3. The van der Waals surface area contributed by atoms with Crippen LogP contribution in [0.3, 0.4) is 0 Å². The number of amides is 1. The van der Waals surface area contributed by atoms with Gasteiger partial charge in [0, 0.05) is 12.1 Å². The Morgan fingerprint density at radius 3 is 2.87 bits per heavy atom. The number of carbonyl (C=O) groups excluding carboxylic acids is 1. The summed E-state index contributed by atoms with van der Waals surface area (Å²) in [4.78, 5) is 11.4. The first-order chi connectivity index (χ1) is 7.11. The lowest BCUT2D eigenvalue weighted by Gasteiger charge is -2.08. The fourth-order valence-corrected chi connectivity index (χ4v) is 1.09. The maximum Gasteiger partial charge on any atom is 0.244 e. The summed E-state index contributed by atoms with van der Waals surface area (Å²) >= 11 is 0. The average molecular weight is 207 g/mol. The number of rotatable bonds is 4. The molecule has 0 fully saturated rings. The minimum absolute atomic E-state index is 0.0848. The molecule has 1 aromatic heterocycles. The Kier molecular flexibility index (Phi) is 4.16. The third-order valence-corrected chi connectivity index (χ3v) is 2.16. The van der Waals surface area contributed by atoms with Gasteiger partial charge in [-0.1, -0.05) is 6.92 Å². The molecule has 3 nitrogen and oxygen atoms in total. The van der Waals surface area contributed by atoms with Crippen LogP contribution in [0.2, 0.25) is 0 Å². The quantitative estimate of drug-likeness (QED) is 0.771. The Hall–Kier alpha value is -1.51.